The zero-order chi connectivity index (χ0) is 10.4. The summed E-state index contributed by atoms with van der Waals surface area (Å²) in [5.41, 5.74) is 0.488. The number of carbonyl (C=O) groups excluding carboxylic acids is 1. The molecule has 2 bridgehead atoms. The minimum atomic E-state index is 0.165. The number of allylic oxidation sites excluding steroid dienone is 2. The van der Waals surface area contributed by atoms with E-state index in [-0.39, 0.29) is 11.3 Å². The van der Waals surface area contributed by atoms with Crippen molar-refractivity contribution in [1.29, 1.82) is 0 Å². The van der Waals surface area contributed by atoms with Crippen molar-refractivity contribution in [1.82, 2.24) is 0 Å². The molecule has 0 heterocycles. The minimum Gasteiger partial charge on any atom is -0.303 e. The Bertz CT molecular complexity index is 279. The Labute approximate surface area is 86.6 Å². The van der Waals surface area contributed by atoms with Crippen LogP contribution in [0.4, 0.5) is 0 Å². The topological polar surface area (TPSA) is 17.1 Å². The Hall–Kier alpha value is -0.590. The predicted octanol–water partition coefficient (Wildman–Crippen LogP) is 3.20. The quantitative estimate of drug-likeness (QED) is 0.485. The molecule has 0 aromatic rings. The highest BCUT2D eigenvalue weighted by molar-refractivity contribution is 5.57. The number of hydrogen-bond acceptors (Lipinski definition) is 1. The van der Waals surface area contributed by atoms with Crippen molar-refractivity contribution in [3.8, 4) is 0 Å². The number of rotatable bonds is 2. The maximum absolute atomic E-state index is 11.1. The van der Waals surface area contributed by atoms with Crippen LogP contribution in [0.15, 0.2) is 12.2 Å². The van der Waals surface area contributed by atoms with Gasteiger partial charge in [0.2, 0.25) is 0 Å². The average molecular weight is 192 g/mol. The third kappa shape index (κ3) is 1.18. The van der Waals surface area contributed by atoms with Crippen molar-refractivity contribution in [2.45, 2.75) is 40.0 Å². The number of fused-ring (bicyclic) bond motifs is 2. The van der Waals surface area contributed by atoms with Gasteiger partial charge in [-0.1, -0.05) is 32.9 Å². The van der Waals surface area contributed by atoms with Gasteiger partial charge in [0.25, 0.3) is 0 Å². The standard InChI is InChI=1S/C13H20O/c1-10(2)13-6-4-12(3,5-7-13)11(8-13)9-14/h4,6,9-11H,5,7-8H2,1-3H3/t11-,12+,13-/m0/s1. The molecule has 1 fully saturated rings. The maximum atomic E-state index is 11.1. The summed E-state index contributed by atoms with van der Waals surface area (Å²) in [5, 5.41) is 0. The number of carbonyl (C=O) groups is 1. The summed E-state index contributed by atoms with van der Waals surface area (Å²) < 4.78 is 0. The summed E-state index contributed by atoms with van der Waals surface area (Å²) in [4.78, 5) is 11.1. The highest BCUT2D eigenvalue weighted by atomic mass is 16.1. The summed E-state index contributed by atoms with van der Waals surface area (Å²) in [7, 11) is 0. The molecule has 0 saturated heterocycles. The van der Waals surface area contributed by atoms with Crippen LogP contribution in [0.1, 0.15) is 40.0 Å². The first kappa shape index (κ1) is 9.95. The summed E-state index contributed by atoms with van der Waals surface area (Å²) >= 11 is 0. The molecular weight excluding hydrogens is 172 g/mol. The van der Waals surface area contributed by atoms with Gasteiger partial charge >= 0.3 is 0 Å². The summed E-state index contributed by atoms with van der Waals surface area (Å²) in [6.45, 7) is 6.78. The van der Waals surface area contributed by atoms with Gasteiger partial charge in [0.1, 0.15) is 6.29 Å². The molecule has 3 aliphatic rings. The zero-order valence-corrected chi connectivity index (χ0v) is 9.42. The lowest BCUT2D eigenvalue weighted by Crippen LogP contribution is -2.45. The van der Waals surface area contributed by atoms with Gasteiger partial charge in [-0.25, -0.2) is 0 Å². The van der Waals surface area contributed by atoms with Gasteiger partial charge < -0.3 is 4.79 Å². The van der Waals surface area contributed by atoms with E-state index >= 15 is 0 Å². The van der Waals surface area contributed by atoms with E-state index in [0.29, 0.717) is 11.3 Å². The molecule has 1 heteroatoms. The van der Waals surface area contributed by atoms with Crippen LogP contribution in [-0.4, -0.2) is 6.29 Å². The van der Waals surface area contributed by atoms with Gasteiger partial charge in [-0.3, -0.25) is 0 Å². The fourth-order valence-corrected chi connectivity index (χ4v) is 3.07. The van der Waals surface area contributed by atoms with Gasteiger partial charge in [0, 0.05) is 5.92 Å². The fourth-order valence-electron chi connectivity index (χ4n) is 3.07. The van der Waals surface area contributed by atoms with Crippen molar-refractivity contribution in [2.75, 3.05) is 0 Å². The molecule has 0 spiro atoms. The Balaban J connectivity index is 2.36. The number of hydrogen-bond donors (Lipinski definition) is 0. The van der Waals surface area contributed by atoms with Gasteiger partial charge in [-0.2, -0.15) is 0 Å². The van der Waals surface area contributed by atoms with E-state index in [4.69, 9.17) is 0 Å². The third-order valence-electron chi connectivity index (χ3n) is 4.69. The molecule has 0 N–H and O–H groups in total. The van der Waals surface area contributed by atoms with E-state index < -0.39 is 0 Å². The highest BCUT2D eigenvalue weighted by Gasteiger charge is 2.49. The largest absolute Gasteiger partial charge is 0.303 e. The first-order valence-corrected chi connectivity index (χ1v) is 5.68. The monoisotopic (exact) mass is 192 g/mol. The van der Waals surface area contributed by atoms with Crippen LogP contribution < -0.4 is 0 Å². The van der Waals surface area contributed by atoms with Crippen molar-refractivity contribution in [3.63, 3.8) is 0 Å². The lowest BCUT2D eigenvalue weighted by atomic mass is 9.51. The van der Waals surface area contributed by atoms with Crippen LogP contribution >= 0.6 is 0 Å². The molecule has 0 aromatic carbocycles. The van der Waals surface area contributed by atoms with Crippen molar-refractivity contribution < 1.29 is 4.79 Å². The Morgan fingerprint density at radius 1 is 1.36 bits per heavy atom. The molecule has 0 aromatic heterocycles. The molecule has 0 aliphatic heterocycles. The number of aldehydes is 1. The predicted molar refractivity (Wildman–Crippen MR) is 57.9 cm³/mol. The Morgan fingerprint density at radius 3 is 2.50 bits per heavy atom. The normalized spacial score (nSPS) is 45.9. The van der Waals surface area contributed by atoms with Crippen LogP contribution in [0, 0.1) is 22.7 Å². The van der Waals surface area contributed by atoms with E-state index in [1.165, 1.54) is 19.1 Å². The maximum Gasteiger partial charge on any atom is 0.123 e. The van der Waals surface area contributed by atoms with Crippen molar-refractivity contribution >= 4 is 6.29 Å². The van der Waals surface area contributed by atoms with E-state index in [1.807, 2.05) is 0 Å². The Morgan fingerprint density at radius 2 is 2.07 bits per heavy atom. The lowest BCUT2D eigenvalue weighted by molar-refractivity contribution is -0.118. The van der Waals surface area contributed by atoms with Crippen LogP contribution in [0.2, 0.25) is 0 Å². The second kappa shape index (κ2) is 2.95. The molecule has 3 aliphatic carbocycles. The van der Waals surface area contributed by atoms with E-state index in [0.717, 1.165) is 6.42 Å². The summed E-state index contributed by atoms with van der Waals surface area (Å²) in [5.74, 6) is 0.912. The van der Waals surface area contributed by atoms with Gasteiger partial charge in [0.05, 0.1) is 0 Å². The summed E-state index contributed by atoms with van der Waals surface area (Å²) in [6, 6.07) is 0. The molecule has 1 saturated carbocycles. The van der Waals surface area contributed by atoms with Crippen LogP contribution in [0.3, 0.4) is 0 Å². The summed E-state index contributed by atoms with van der Waals surface area (Å²) in [6.07, 6.45) is 9.40. The van der Waals surface area contributed by atoms with Gasteiger partial charge in [0.15, 0.2) is 0 Å². The van der Waals surface area contributed by atoms with Crippen molar-refractivity contribution in [3.05, 3.63) is 12.2 Å². The molecule has 3 rings (SSSR count). The molecule has 0 radical (unpaired) electrons. The molecule has 14 heavy (non-hydrogen) atoms. The van der Waals surface area contributed by atoms with Gasteiger partial charge in [-0.15, -0.1) is 0 Å². The first-order valence-electron chi connectivity index (χ1n) is 5.68. The van der Waals surface area contributed by atoms with Gasteiger partial charge in [-0.05, 0) is 36.0 Å². The van der Waals surface area contributed by atoms with E-state index in [9.17, 15) is 4.79 Å². The molecule has 78 valence electrons. The second-order valence-corrected chi connectivity index (χ2v) is 5.67. The average Bonchev–Trinajstić information content (AvgIpc) is 2.18. The highest BCUT2D eigenvalue weighted by Crippen LogP contribution is 2.57. The minimum absolute atomic E-state index is 0.165. The zero-order valence-electron chi connectivity index (χ0n) is 9.42. The van der Waals surface area contributed by atoms with Crippen LogP contribution in [-0.2, 0) is 4.79 Å². The van der Waals surface area contributed by atoms with Crippen LogP contribution in [0.25, 0.3) is 0 Å². The lowest BCUT2D eigenvalue weighted by Gasteiger charge is -2.52. The molecule has 3 atom stereocenters. The molecular formula is C13H20O. The molecule has 0 unspecified atom stereocenters. The second-order valence-electron chi connectivity index (χ2n) is 5.67. The fraction of sp³-hybridized carbons (Fsp3) is 0.769. The van der Waals surface area contributed by atoms with Crippen LogP contribution in [0.5, 0.6) is 0 Å². The van der Waals surface area contributed by atoms with E-state index in [1.54, 1.807) is 0 Å². The molecule has 1 nitrogen and oxygen atoms in total. The van der Waals surface area contributed by atoms with Crippen molar-refractivity contribution in [2.24, 2.45) is 22.7 Å². The van der Waals surface area contributed by atoms with E-state index in [2.05, 4.69) is 32.9 Å². The smallest absolute Gasteiger partial charge is 0.123 e. The third-order valence-corrected chi connectivity index (χ3v) is 4.69. The SMILES string of the molecule is CC(C)[C@@]12C=C[C@](C)(CC1)[C@H](C=O)C2. The molecule has 0 amide bonds. The Kier molecular flexibility index (Phi) is 2.09. The first-order chi connectivity index (χ1) is 6.52.